The van der Waals surface area contributed by atoms with Crippen LogP contribution in [0.4, 0.5) is 54.8 Å². The van der Waals surface area contributed by atoms with Gasteiger partial charge in [0.15, 0.2) is 0 Å². The Hall–Kier alpha value is -4.45. The highest BCUT2D eigenvalue weighted by Gasteiger charge is 2.56. The monoisotopic (exact) mass is 685 g/mol. The normalized spacial score (nSPS) is 14.5. The maximum absolute atomic E-state index is 14.0. The Labute approximate surface area is 280 Å². The lowest BCUT2D eigenvalue weighted by atomic mass is 9.62. The highest BCUT2D eigenvalue weighted by atomic mass is 32.1. The van der Waals surface area contributed by atoms with Crippen LogP contribution in [-0.4, -0.2) is 32.3 Å². The lowest BCUT2D eigenvalue weighted by Gasteiger charge is -2.52. The third-order valence-electron chi connectivity index (χ3n) is 8.84. The van der Waals surface area contributed by atoms with Crippen LogP contribution in [0.15, 0.2) is 72.8 Å². The molecule has 0 spiro atoms. The summed E-state index contributed by atoms with van der Waals surface area (Å²) in [7, 11) is 3.03. The van der Waals surface area contributed by atoms with Crippen LogP contribution in [0.3, 0.4) is 0 Å². The number of thiocarbonyl (C=S) groups is 1. The Morgan fingerprint density at radius 2 is 1.06 bits per heavy atom. The van der Waals surface area contributed by atoms with Crippen molar-refractivity contribution in [3.05, 3.63) is 101 Å². The molecule has 48 heavy (non-hydrogen) atoms. The summed E-state index contributed by atoms with van der Waals surface area (Å²) < 4.78 is 95.9. The molecule has 252 valence electrons. The first-order chi connectivity index (χ1) is 22.8. The lowest BCUT2D eigenvalue weighted by molar-refractivity contribution is -0.143. The van der Waals surface area contributed by atoms with Crippen LogP contribution in [0.1, 0.15) is 54.5 Å². The number of ether oxygens (including phenoxy) is 2. The standard InChI is InChI=1S/C36H33F6N3O2S/c1-5-16-44-24-10-7-11-25-30(24)34(31-26(44)12-8-14-28(31)46-3,32-27(45(25)17-6-2)13-9-15-29(32)47-4)33(48)43-23-19-21(35(37,38)39)18-22(20-23)36(40,41)42/h7-15,18-20H,5-6,16-17H2,1-4H3,(H,43,48). The summed E-state index contributed by atoms with van der Waals surface area (Å²) in [5.74, 6) is 0.887. The molecule has 0 radical (unpaired) electrons. The van der Waals surface area contributed by atoms with Gasteiger partial charge in [-0.15, -0.1) is 0 Å². The van der Waals surface area contributed by atoms with Gasteiger partial charge in [0.2, 0.25) is 0 Å². The maximum Gasteiger partial charge on any atom is 0.416 e. The smallest absolute Gasteiger partial charge is 0.416 e. The van der Waals surface area contributed by atoms with E-state index in [1.54, 1.807) is 12.1 Å². The molecule has 4 aromatic rings. The van der Waals surface area contributed by atoms with E-state index in [-0.39, 0.29) is 11.1 Å². The number of methoxy groups -OCH3 is 2. The Bertz CT molecular complexity index is 1770. The van der Waals surface area contributed by atoms with E-state index in [9.17, 15) is 26.3 Å². The molecule has 12 heteroatoms. The number of anilines is 5. The average Bonchev–Trinajstić information content (AvgIpc) is 3.05. The molecule has 2 aliphatic heterocycles. The van der Waals surface area contributed by atoms with Gasteiger partial charge in [-0.1, -0.05) is 44.3 Å². The number of benzene rings is 4. The number of nitrogens with zero attached hydrogens (tertiary/aromatic N) is 2. The molecule has 0 saturated carbocycles. The zero-order valence-electron chi connectivity index (χ0n) is 26.6. The second-order valence-corrected chi connectivity index (χ2v) is 12.1. The molecule has 0 unspecified atom stereocenters. The molecule has 0 bridgehead atoms. The SMILES string of the molecule is CCCN1c2cccc(OC)c2C2(C(=S)Nc3cc(C(F)(F)F)cc(C(F)(F)F)c3)c3c(OC)cccc3N(CCC)c3cccc1c32. The number of alkyl halides is 6. The van der Waals surface area contributed by atoms with E-state index in [1.165, 1.54) is 14.2 Å². The zero-order chi connectivity index (χ0) is 34.6. The van der Waals surface area contributed by atoms with Crippen LogP contribution in [0.2, 0.25) is 0 Å². The molecule has 2 heterocycles. The average molecular weight is 686 g/mol. The number of rotatable bonds is 8. The summed E-state index contributed by atoms with van der Waals surface area (Å²) in [4.78, 5) is 4.29. The van der Waals surface area contributed by atoms with Crippen molar-refractivity contribution in [1.29, 1.82) is 0 Å². The Morgan fingerprint density at radius 1 is 0.667 bits per heavy atom. The van der Waals surface area contributed by atoms with Gasteiger partial charge in [-0.2, -0.15) is 26.3 Å². The Morgan fingerprint density at radius 3 is 1.44 bits per heavy atom. The summed E-state index contributed by atoms with van der Waals surface area (Å²) in [6.45, 7) is 5.33. The van der Waals surface area contributed by atoms with Crippen molar-refractivity contribution in [2.24, 2.45) is 0 Å². The van der Waals surface area contributed by atoms with Gasteiger partial charge in [-0.3, -0.25) is 0 Å². The van der Waals surface area contributed by atoms with Crippen molar-refractivity contribution in [3.8, 4) is 11.5 Å². The van der Waals surface area contributed by atoms with Gasteiger partial charge < -0.3 is 24.6 Å². The number of nitrogens with one attached hydrogen (secondary N) is 1. The zero-order valence-corrected chi connectivity index (χ0v) is 27.5. The predicted molar refractivity (Wildman–Crippen MR) is 180 cm³/mol. The van der Waals surface area contributed by atoms with E-state index >= 15 is 0 Å². The van der Waals surface area contributed by atoms with Crippen LogP contribution in [0.5, 0.6) is 11.5 Å². The first kappa shape index (κ1) is 33.5. The third-order valence-corrected chi connectivity index (χ3v) is 9.25. The van der Waals surface area contributed by atoms with E-state index in [4.69, 9.17) is 21.7 Å². The topological polar surface area (TPSA) is 37.0 Å². The first-order valence-electron chi connectivity index (χ1n) is 15.5. The largest absolute Gasteiger partial charge is 0.496 e. The van der Waals surface area contributed by atoms with E-state index in [1.807, 2.05) is 42.5 Å². The summed E-state index contributed by atoms with van der Waals surface area (Å²) >= 11 is 6.26. The number of hydrogen-bond donors (Lipinski definition) is 1. The Balaban J connectivity index is 1.75. The molecule has 0 aliphatic carbocycles. The van der Waals surface area contributed by atoms with Crippen LogP contribution in [0.25, 0.3) is 0 Å². The summed E-state index contributed by atoms with van der Waals surface area (Å²) in [6, 6.07) is 18.4. The van der Waals surface area contributed by atoms with Crippen LogP contribution < -0.4 is 24.6 Å². The minimum Gasteiger partial charge on any atom is -0.496 e. The molecule has 0 saturated heterocycles. The van der Waals surface area contributed by atoms with Crippen molar-refractivity contribution in [3.63, 3.8) is 0 Å². The minimum absolute atomic E-state index is 0.0348. The van der Waals surface area contributed by atoms with Crippen molar-refractivity contribution >= 4 is 45.6 Å². The van der Waals surface area contributed by atoms with Crippen LogP contribution >= 0.6 is 12.2 Å². The fourth-order valence-corrected chi connectivity index (χ4v) is 7.53. The van der Waals surface area contributed by atoms with E-state index in [2.05, 4.69) is 29.0 Å². The van der Waals surface area contributed by atoms with Gasteiger partial charge in [-0.25, -0.2) is 0 Å². The molecular weight excluding hydrogens is 652 g/mol. The second-order valence-electron chi connectivity index (χ2n) is 11.7. The van der Waals surface area contributed by atoms with Gasteiger partial charge in [0.1, 0.15) is 21.9 Å². The van der Waals surface area contributed by atoms with Gasteiger partial charge in [0.25, 0.3) is 0 Å². The molecule has 0 amide bonds. The van der Waals surface area contributed by atoms with Crippen LogP contribution in [-0.2, 0) is 17.8 Å². The van der Waals surface area contributed by atoms with Crippen molar-refractivity contribution in [1.82, 2.24) is 0 Å². The first-order valence-corrected chi connectivity index (χ1v) is 15.9. The molecule has 2 aliphatic rings. The molecule has 0 atom stereocenters. The van der Waals surface area contributed by atoms with Crippen LogP contribution in [0, 0.1) is 0 Å². The van der Waals surface area contributed by atoms with Crippen molar-refractivity contribution in [2.45, 2.75) is 44.5 Å². The quantitative estimate of drug-likeness (QED) is 0.147. The Kier molecular flexibility index (Phi) is 8.51. The van der Waals surface area contributed by atoms with Crippen molar-refractivity contribution < 1.29 is 35.8 Å². The molecule has 6 rings (SSSR count). The summed E-state index contributed by atoms with van der Waals surface area (Å²) in [6.07, 6.45) is -8.53. The fraction of sp³-hybridized carbons (Fsp3) is 0.306. The molecule has 0 fully saturated rings. The predicted octanol–water partition coefficient (Wildman–Crippen LogP) is 10.2. The minimum atomic E-state index is -5.04. The summed E-state index contributed by atoms with van der Waals surface area (Å²) in [5.41, 5.74) is 0.182. The number of hydrogen-bond acceptors (Lipinski definition) is 5. The molecular formula is C36H33F6N3O2S. The highest BCUT2D eigenvalue weighted by Crippen LogP contribution is 2.64. The van der Waals surface area contributed by atoms with E-state index in [0.717, 1.165) is 41.2 Å². The molecule has 1 N–H and O–H groups in total. The number of fused-ring (bicyclic) bond motifs is 4. The summed E-state index contributed by atoms with van der Waals surface area (Å²) in [5, 5.41) is 2.89. The fourth-order valence-electron chi connectivity index (χ4n) is 7.10. The maximum atomic E-state index is 14.0. The van der Waals surface area contributed by atoms with E-state index < -0.39 is 34.6 Å². The highest BCUT2D eigenvalue weighted by molar-refractivity contribution is 7.80. The molecule has 5 nitrogen and oxygen atoms in total. The van der Waals surface area contributed by atoms with Gasteiger partial charge in [0.05, 0.1) is 25.3 Å². The van der Waals surface area contributed by atoms with Gasteiger partial charge in [-0.05, 0) is 67.4 Å². The molecule has 0 aromatic heterocycles. The second kappa shape index (κ2) is 12.2. The van der Waals surface area contributed by atoms with Gasteiger partial charge in [0, 0.05) is 58.2 Å². The number of halogens is 6. The lowest BCUT2D eigenvalue weighted by Crippen LogP contribution is -2.50. The van der Waals surface area contributed by atoms with E-state index in [0.29, 0.717) is 47.8 Å². The third kappa shape index (κ3) is 5.12. The molecule has 4 aromatic carbocycles. The van der Waals surface area contributed by atoms with Crippen molar-refractivity contribution in [2.75, 3.05) is 42.4 Å². The van der Waals surface area contributed by atoms with Gasteiger partial charge >= 0.3 is 12.4 Å².